The van der Waals surface area contributed by atoms with Crippen LogP contribution in [0, 0.1) is 5.92 Å². The predicted molar refractivity (Wildman–Crippen MR) is 63.4 cm³/mol. The normalized spacial score (nSPS) is 15.3. The highest BCUT2D eigenvalue weighted by atomic mass is 15.1. The molecule has 0 radical (unpaired) electrons. The van der Waals surface area contributed by atoms with Crippen LogP contribution in [0.25, 0.3) is 0 Å². The number of aromatic nitrogens is 1. The Labute approximate surface area is 92.3 Å². The maximum Gasteiger partial charge on any atom is 0.0543 e. The summed E-state index contributed by atoms with van der Waals surface area (Å²) in [7, 11) is 2.12. The Bertz CT molecular complexity index is 273. The van der Waals surface area contributed by atoms with Gasteiger partial charge >= 0.3 is 0 Å². The van der Waals surface area contributed by atoms with Crippen molar-refractivity contribution in [2.45, 2.75) is 26.4 Å². The monoisotopic (exact) mass is 207 g/mol. The van der Waals surface area contributed by atoms with Crippen LogP contribution in [0.5, 0.6) is 0 Å². The molecule has 2 atom stereocenters. The minimum absolute atomic E-state index is 0.483. The lowest BCUT2D eigenvalue weighted by Crippen LogP contribution is -2.37. The first-order chi connectivity index (χ1) is 7.15. The molecule has 0 bridgehead atoms. The number of hydrogen-bond donors (Lipinski definition) is 1. The fraction of sp³-hybridized carbons (Fsp3) is 0.583. The van der Waals surface area contributed by atoms with Gasteiger partial charge in [-0.2, -0.15) is 0 Å². The smallest absolute Gasteiger partial charge is 0.0543 e. The van der Waals surface area contributed by atoms with E-state index in [1.807, 2.05) is 18.3 Å². The van der Waals surface area contributed by atoms with Crippen LogP contribution in [0.15, 0.2) is 24.4 Å². The van der Waals surface area contributed by atoms with Gasteiger partial charge < -0.3 is 5.73 Å². The quantitative estimate of drug-likeness (QED) is 0.795. The molecule has 1 rings (SSSR count). The highest BCUT2D eigenvalue weighted by molar-refractivity contribution is 5.03. The maximum atomic E-state index is 5.66. The Morgan fingerprint density at radius 3 is 2.67 bits per heavy atom. The first-order valence-corrected chi connectivity index (χ1v) is 5.45. The largest absolute Gasteiger partial charge is 0.330 e. The third kappa shape index (κ3) is 3.61. The Morgan fingerprint density at radius 1 is 1.40 bits per heavy atom. The molecule has 0 aliphatic carbocycles. The van der Waals surface area contributed by atoms with Crippen molar-refractivity contribution >= 4 is 0 Å². The van der Waals surface area contributed by atoms with Crippen LogP contribution >= 0.6 is 0 Å². The molecule has 0 aliphatic rings. The van der Waals surface area contributed by atoms with E-state index in [-0.39, 0.29) is 0 Å². The van der Waals surface area contributed by atoms with Gasteiger partial charge in [-0.05, 0) is 38.6 Å². The van der Waals surface area contributed by atoms with E-state index in [4.69, 9.17) is 5.73 Å². The van der Waals surface area contributed by atoms with Gasteiger partial charge in [-0.25, -0.2) is 0 Å². The molecule has 1 heterocycles. The summed E-state index contributed by atoms with van der Waals surface area (Å²) in [5.41, 5.74) is 6.77. The summed E-state index contributed by atoms with van der Waals surface area (Å²) in [4.78, 5) is 6.60. The SMILES string of the molecule is CC(CN)C(C)N(C)Cc1ccccn1. The van der Waals surface area contributed by atoms with E-state index >= 15 is 0 Å². The molecule has 0 saturated heterocycles. The van der Waals surface area contributed by atoms with Crippen molar-refractivity contribution in [1.29, 1.82) is 0 Å². The lowest BCUT2D eigenvalue weighted by atomic mass is 10.0. The van der Waals surface area contributed by atoms with Gasteiger partial charge in [0.15, 0.2) is 0 Å². The lowest BCUT2D eigenvalue weighted by molar-refractivity contribution is 0.193. The summed E-state index contributed by atoms with van der Waals surface area (Å²) < 4.78 is 0. The Balaban J connectivity index is 2.52. The van der Waals surface area contributed by atoms with E-state index in [1.54, 1.807) is 0 Å². The number of nitrogens with zero attached hydrogens (tertiary/aromatic N) is 2. The first-order valence-electron chi connectivity index (χ1n) is 5.45. The van der Waals surface area contributed by atoms with Crippen molar-refractivity contribution in [3.63, 3.8) is 0 Å². The van der Waals surface area contributed by atoms with Gasteiger partial charge in [-0.3, -0.25) is 9.88 Å². The molecule has 0 spiro atoms. The molecule has 15 heavy (non-hydrogen) atoms. The molecule has 0 saturated carbocycles. The second kappa shape index (κ2) is 5.83. The average Bonchev–Trinajstić information content (AvgIpc) is 2.28. The second-order valence-electron chi connectivity index (χ2n) is 4.19. The zero-order chi connectivity index (χ0) is 11.3. The highest BCUT2D eigenvalue weighted by Gasteiger charge is 2.15. The van der Waals surface area contributed by atoms with Gasteiger partial charge in [0, 0.05) is 18.8 Å². The topological polar surface area (TPSA) is 42.1 Å². The Kier molecular flexibility index (Phi) is 4.72. The summed E-state index contributed by atoms with van der Waals surface area (Å²) in [6.07, 6.45) is 1.83. The molecule has 3 nitrogen and oxygen atoms in total. The summed E-state index contributed by atoms with van der Waals surface area (Å²) in [5.74, 6) is 0.513. The minimum Gasteiger partial charge on any atom is -0.330 e. The standard InChI is InChI=1S/C12H21N3/c1-10(8-13)11(2)15(3)9-12-6-4-5-7-14-12/h4-7,10-11H,8-9,13H2,1-3H3. The molecule has 0 amide bonds. The third-order valence-corrected chi connectivity index (χ3v) is 3.03. The average molecular weight is 207 g/mol. The van der Waals surface area contributed by atoms with Crippen LogP contribution in [0.3, 0.4) is 0 Å². The Hall–Kier alpha value is -0.930. The van der Waals surface area contributed by atoms with E-state index in [1.165, 1.54) is 0 Å². The molecular weight excluding hydrogens is 186 g/mol. The molecule has 0 aliphatic heterocycles. The van der Waals surface area contributed by atoms with Gasteiger partial charge in [0.2, 0.25) is 0 Å². The summed E-state index contributed by atoms with van der Waals surface area (Å²) >= 11 is 0. The van der Waals surface area contributed by atoms with Crippen LogP contribution in [0.1, 0.15) is 19.5 Å². The lowest BCUT2D eigenvalue weighted by Gasteiger charge is -2.28. The zero-order valence-corrected chi connectivity index (χ0v) is 9.85. The van der Waals surface area contributed by atoms with E-state index in [0.717, 1.165) is 18.8 Å². The number of rotatable bonds is 5. The molecule has 0 fully saturated rings. The van der Waals surface area contributed by atoms with Gasteiger partial charge in [0.25, 0.3) is 0 Å². The first kappa shape index (κ1) is 12.1. The number of nitrogens with two attached hydrogens (primary N) is 1. The highest BCUT2D eigenvalue weighted by Crippen LogP contribution is 2.10. The van der Waals surface area contributed by atoms with Crippen LogP contribution in [0.4, 0.5) is 0 Å². The molecule has 1 aromatic heterocycles. The molecule has 84 valence electrons. The second-order valence-corrected chi connectivity index (χ2v) is 4.19. The zero-order valence-electron chi connectivity index (χ0n) is 9.85. The van der Waals surface area contributed by atoms with Crippen molar-refractivity contribution in [1.82, 2.24) is 9.88 Å². The van der Waals surface area contributed by atoms with E-state index in [0.29, 0.717) is 12.0 Å². The van der Waals surface area contributed by atoms with Gasteiger partial charge in [-0.1, -0.05) is 13.0 Å². The van der Waals surface area contributed by atoms with Crippen LogP contribution < -0.4 is 5.73 Å². The molecule has 1 aromatic rings. The van der Waals surface area contributed by atoms with Crippen LogP contribution in [-0.4, -0.2) is 29.5 Å². The molecule has 2 unspecified atom stereocenters. The molecule has 3 heteroatoms. The van der Waals surface area contributed by atoms with E-state index in [2.05, 4.69) is 36.8 Å². The van der Waals surface area contributed by atoms with Crippen molar-refractivity contribution in [2.24, 2.45) is 11.7 Å². The number of hydrogen-bond acceptors (Lipinski definition) is 3. The van der Waals surface area contributed by atoms with Crippen molar-refractivity contribution < 1.29 is 0 Å². The van der Waals surface area contributed by atoms with Crippen LogP contribution in [-0.2, 0) is 6.54 Å². The minimum atomic E-state index is 0.483. The summed E-state index contributed by atoms with van der Waals surface area (Å²) in [6, 6.07) is 6.50. The maximum absolute atomic E-state index is 5.66. The van der Waals surface area contributed by atoms with E-state index in [9.17, 15) is 0 Å². The van der Waals surface area contributed by atoms with Crippen molar-refractivity contribution in [3.05, 3.63) is 30.1 Å². The third-order valence-electron chi connectivity index (χ3n) is 3.03. The molecule has 0 aromatic carbocycles. The van der Waals surface area contributed by atoms with Gasteiger partial charge in [-0.15, -0.1) is 0 Å². The fourth-order valence-corrected chi connectivity index (χ4v) is 1.52. The molecular formula is C12H21N3. The van der Waals surface area contributed by atoms with Crippen LogP contribution in [0.2, 0.25) is 0 Å². The van der Waals surface area contributed by atoms with E-state index < -0.39 is 0 Å². The Morgan fingerprint density at radius 2 is 2.13 bits per heavy atom. The van der Waals surface area contributed by atoms with Gasteiger partial charge in [0.1, 0.15) is 0 Å². The summed E-state index contributed by atoms with van der Waals surface area (Å²) in [6.45, 7) is 6.00. The predicted octanol–water partition coefficient (Wildman–Crippen LogP) is 1.50. The fourth-order valence-electron chi connectivity index (χ4n) is 1.52. The van der Waals surface area contributed by atoms with Gasteiger partial charge in [0.05, 0.1) is 5.69 Å². The summed E-state index contributed by atoms with van der Waals surface area (Å²) in [5, 5.41) is 0. The van der Waals surface area contributed by atoms with Crippen molar-refractivity contribution in [3.8, 4) is 0 Å². The number of pyridine rings is 1. The van der Waals surface area contributed by atoms with Crippen molar-refractivity contribution in [2.75, 3.05) is 13.6 Å². The molecule has 2 N–H and O–H groups in total.